The van der Waals surface area contributed by atoms with E-state index in [1.54, 1.807) is 0 Å². The van der Waals surface area contributed by atoms with Crippen LogP contribution in [0.5, 0.6) is 0 Å². The summed E-state index contributed by atoms with van der Waals surface area (Å²) in [5.41, 5.74) is 2.79. The fourth-order valence-corrected chi connectivity index (χ4v) is 2.63. The molecule has 2 rings (SSSR count). The molecule has 1 saturated heterocycles. The molecule has 0 aliphatic carbocycles. The average Bonchev–Trinajstić information content (AvgIpc) is 2.77. The van der Waals surface area contributed by atoms with Crippen molar-refractivity contribution in [3.05, 3.63) is 35.4 Å². The van der Waals surface area contributed by atoms with Crippen molar-refractivity contribution in [2.24, 2.45) is 0 Å². The van der Waals surface area contributed by atoms with Crippen molar-refractivity contribution in [1.29, 1.82) is 0 Å². The van der Waals surface area contributed by atoms with Crippen LogP contribution in [-0.4, -0.2) is 30.1 Å². The van der Waals surface area contributed by atoms with Crippen molar-refractivity contribution in [3.8, 4) is 0 Å². The molecule has 100 valence electrons. The van der Waals surface area contributed by atoms with Gasteiger partial charge >= 0.3 is 0 Å². The fraction of sp³-hybridized carbons (Fsp3) is 0.625. The van der Waals surface area contributed by atoms with Crippen LogP contribution in [0.3, 0.4) is 0 Å². The molecule has 1 fully saturated rings. The number of hydrogen-bond acceptors (Lipinski definition) is 2. The molecule has 1 aliphatic heterocycles. The normalized spacial score (nSPS) is 20.8. The van der Waals surface area contributed by atoms with Crippen LogP contribution in [0.4, 0.5) is 0 Å². The molecule has 1 N–H and O–H groups in total. The van der Waals surface area contributed by atoms with Crippen LogP contribution in [-0.2, 0) is 6.54 Å². The summed E-state index contributed by atoms with van der Waals surface area (Å²) in [6.45, 7) is 10.1. The molecule has 1 aromatic carbocycles. The van der Waals surface area contributed by atoms with Gasteiger partial charge in [-0.25, -0.2) is 0 Å². The monoisotopic (exact) mass is 246 g/mol. The summed E-state index contributed by atoms with van der Waals surface area (Å²) in [6, 6.07) is 10.3. The zero-order chi connectivity index (χ0) is 13.0. The lowest BCUT2D eigenvalue weighted by molar-refractivity contribution is 0.236. The second kappa shape index (κ2) is 6.35. The molecule has 1 unspecified atom stereocenters. The van der Waals surface area contributed by atoms with Gasteiger partial charge in [0.1, 0.15) is 0 Å². The van der Waals surface area contributed by atoms with Gasteiger partial charge in [-0.3, -0.25) is 4.90 Å². The zero-order valence-corrected chi connectivity index (χ0v) is 11.9. The highest BCUT2D eigenvalue weighted by atomic mass is 15.2. The highest BCUT2D eigenvalue weighted by Crippen LogP contribution is 2.19. The molecular formula is C16H26N2. The number of aryl methyl sites for hydroxylation is 1. The summed E-state index contributed by atoms with van der Waals surface area (Å²) >= 11 is 0. The maximum absolute atomic E-state index is 3.57. The standard InChI is InChI=1S/C16H26N2/c1-13(2)17-11-16-5-4-10-18(16)12-15-8-6-14(3)7-9-15/h6-9,13,16-17H,4-5,10-12H2,1-3H3. The van der Waals surface area contributed by atoms with Gasteiger partial charge in [0.25, 0.3) is 0 Å². The van der Waals surface area contributed by atoms with E-state index in [-0.39, 0.29) is 0 Å². The maximum atomic E-state index is 3.57. The lowest BCUT2D eigenvalue weighted by Gasteiger charge is -2.25. The summed E-state index contributed by atoms with van der Waals surface area (Å²) in [4.78, 5) is 2.63. The lowest BCUT2D eigenvalue weighted by Crippen LogP contribution is -2.39. The van der Waals surface area contributed by atoms with Crippen LogP contribution >= 0.6 is 0 Å². The first-order valence-electron chi connectivity index (χ1n) is 7.18. The van der Waals surface area contributed by atoms with Crippen molar-refractivity contribution < 1.29 is 0 Å². The Kier molecular flexibility index (Phi) is 4.79. The van der Waals surface area contributed by atoms with Gasteiger partial charge in [0.2, 0.25) is 0 Å². The van der Waals surface area contributed by atoms with Gasteiger partial charge in [-0.05, 0) is 31.9 Å². The summed E-state index contributed by atoms with van der Waals surface area (Å²) in [7, 11) is 0. The molecule has 1 heterocycles. The van der Waals surface area contributed by atoms with E-state index < -0.39 is 0 Å². The average molecular weight is 246 g/mol. The molecule has 1 aliphatic rings. The Balaban J connectivity index is 1.89. The Morgan fingerprint density at radius 3 is 2.67 bits per heavy atom. The minimum atomic E-state index is 0.590. The Labute approximate surface area is 111 Å². The van der Waals surface area contributed by atoms with E-state index in [2.05, 4.69) is 55.3 Å². The van der Waals surface area contributed by atoms with E-state index in [1.807, 2.05) is 0 Å². The van der Waals surface area contributed by atoms with Crippen molar-refractivity contribution in [1.82, 2.24) is 10.2 Å². The smallest absolute Gasteiger partial charge is 0.0237 e. The zero-order valence-electron chi connectivity index (χ0n) is 11.9. The third-order valence-corrected chi connectivity index (χ3v) is 3.77. The fourth-order valence-electron chi connectivity index (χ4n) is 2.63. The SMILES string of the molecule is Cc1ccc(CN2CCCC2CNC(C)C)cc1. The number of likely N-dealkylation sites (tertiary alicyclic amines) is 1. The topological polar surface area (TPSA) is 15.3 Å². The van der Waals surface area contributed by atoms with Crippen molar-refractivity contribution in [2.45, 2.75) is 52.2 Å². The van der Waals surface area contributed by atoms with Crippen LogP contribution in [0.15, 0.2) is 24.3 Å². The first kappa shape index (κ1) is 13.6. The predicted molar refractivity (Wildman–Crippen MR) is 77.7 cm³/mol. The third-order valence-electron chi connectivity index (χ3n) is 3.77. The number of nitrogens with one attached hydrogen (secondary N) is 1. The molecule has 2 nitrogen and oxygen atoms in total. The molecule has 0 bridgehead atoms. The highest BCUT2D eigenvalue weighted by Gasteiger charge is 2.24. The number of nitrogens with zero attached hydrogens (tertiary/aromatic N) is 1. The van der Waals surface area contributed by atoms with Crippen LogP contribution in [0, 0.1) is 6.92 Å². The third kappa shape index (κ3) is 3.82. The minimum absolute atomic E-state index is 0.590. The van der Waals surface area contributed by atoms with Crippen molar-refractivity contribution in [3.63, 3.8) is 0 Å². The number of benzene rings is 1. The van der Waals surface area contributed by atoms with E-state index >= 15 is 0 Å². The molecule has 0 aromatic heterocycles. The molecule has 0 amide bonds. The van der Waals surface area contributed by atoms with Crippen LogP contribution < -0.4 is 5.32 Å². The molecule has 1 aromatic rings. The second-order valence-electron chi connectivity index (χ2n) is 5.82. The molecule has 0 spiro atoms. The molecule has 0 saturated carbocycles. The van der Waals surface area contributed by atoms with Gasteiger partial charge in [-0.2, -0.15) is 0 Å². The van der Waals surface area contributed by atoms with Crippen LogP contribution in [0.2, 0.25) is 0 Å². The van der Waals surface area contributed by atoms with Crippen LogP contribution in [0.1, 0.15) is 37.8 Å². The molecular weight excluding hydrogens is 220 g/mol. The molecule has 2 heteroatoms. The van der Waals surface area contributed by atoms with Crippen molar-refractivity contribution in [2.75, 3.05) is 13.1 Å². The first-order chi connectivity index (χ1) is 8.65. The Morgan fingerprint density at radius 1 is 1.28 bits per heavy atom. The van der Waals surface area contributed by atoms with Gasteiger partial charge in [0, 0.05) is 25.2 Å². The minimum Gasteiger partial charge on any atom is -0.313 e. The highest BCUT2D eigenvalue weighted by molar-refractivity contribution is 5.21. The predicted octanol–water partition coefficient (Wildman–Crippen LogP) is 2.96. The van der Waals surface area contributed by atoms with Crippen molar-refractivity contribution >= 4 is 0 Å². The van der Waals surface area contributed by atoms with Gasteiger partial charge < -0.3 is 5.32 Å². The van der Waals surface area contributed by atoms with Gasteiger partial charge in [-0.1, -0.05) is 43.7 Å². The molecule has 1 atom stereocenters. The van der Waals surface area contributed by atoms with E-state index in [0.717, 1.165) is 13.1 Å². The van der Waals surface area contributed by atoms with Gasteiger partial charge in [0.05, 0.1) is 0 Å². The number of rotatable bonds is 5. The number of hydrogen-bond donors (Lipinski definition) is 1. The maximum Gasteiger partial charge on any atom is 0.0237 e. The van der Waals surface area contributed by atoms with E-state index in [0.29, 0.717) is 12.1 Å². The van der Waals surface area contributed by atoms with Crippen LogP contribution in [0.25, 0.3) is 0 Å². The first-order valence-corrected chi connectivity index (χ1v) is 7.18. The lowest BCUT2D eigenvalue weighted by atomic mass is 10.1. The summed E-state index contributed by atoms with van der Waals surface area (Å²) in [6.07, 6.45) is 2.68. The molecule has 0 radical (unpaired) electrons. The second-order valence-corrected chi connectivity index (χ2v) is 5.82. The summed E-state index contributed by atoms with van der Waals surface area (Å²) in [5.74, 6) is 0. The van der Waals surface area contributed by atoms with Gasteiger partial charge in [0.15, 0.2) is 0 Å². The quantitative estimate of drug-likeness (QED) is 0.859. The molecule has 18 heavy (non-hydrogen) atoms. The summed E-state index contributed by atoms with van der Waals surface area (Å²) in [5, 5.41) is 3.57. The Morgan fingerprint density at radius 2 is 2.00 bits per heavy atom. The van der Waals surface area contributed by atoms with Gasteiger partial charge in [-0.15, -0.1) is 0 Å². The van der Waals surface area contributed by atoms with E-state index in [1.165, 1.54) is 30.5 Å². The van der Waals surface area contributed by atoms with E-state index in [9.17, 15) is 0 Å². The Hall–Kier alpha value is -0.860. The summed E-state index contributed by atoms with van der Waals surface area (Å²) < 4.78 is 0. The Bertz CT molecular complexity index is 356. The largest absolute Gasteiger partial charge is 0.313 e. The van der Waals surface area contributed by atoms with E-state index in [4.69, 9.17) is 0 Å².